The largest absolute Gasteiger partial charge is 0.384 e. The quantitative estimate of drug-likeness (QED) is 0.846. The Labute approximate surface area is 115 Å². The molecular formula is C16H24N2O. The van der Waals surface area contributed by atoms with Crippen LogP contribution < -0.4 is 5.32 Å². The summed E-state index contributed by atoms with van der Waals surface area (Å²) in [6.45, 7) is 4.88. The monoisotopic (exact) mass is 260 g/mol. The molecule has 3 nitrogen and oxygen atoms in total. The summed E-state index contributed by atoms with van der Waals surface area (Å²) in [5, 5.41) is 14.1. The van der Waals surface area contributed by atoms with Crippen molar-refractivity contribution in [1.29, 1.82) is 0 Å². The molecule has 1 saturated carbocycles. The third-order valence-electron chi connectivity index (χ3n) is 4.41. The lowest BCUT2D eigenvalue weighted by Gasteiger charge is -2.26. The highest BCUT2D eigenvalue weighted by Gasteiger charge is 2.35. The number of likely N-dealkylation sites (tertiary alicyclic amines) is 1. The van der Waals surface area contributed by atoms with Crippen LogP contribution in [0.15, 0.2) is 30.3 Å². The lowest BCUT2D eigenvalue weighted by molar-refractivity contribution is 0.0540. The zero-order chi connectivity index (χ0) is 13.3. The number of hydrogen-bond acceptors (Lipinski definition) is 3. The summed E-state index contributed by atoms with van der Waals surface area (Å²) in [7, 11) is 0. The van der Waals surface area contributed by atoms with Gasteiger partial charge in [0, 0.05) is 31.7 Å². The van der Waals surface area contributed by atoms with Crippen molar-refractivity contribution >= 4 is 0 Å². The fourth-order valence-corrected chi connectivity index (χ4v) is 2.97. The van der Waals surface area contributed by atoms with Gasteiger partial charge in [-0.25, -0.2) is 0 Å². The Morgan fingerprint density at radius 1 is 1.26 bits per heavy atom. The molecule has 2 unspecified atom stereocenters. The highest BCUT2D eigenvalue weighted by Crippen LogP contribution is 2.30. The van der Waals surface area contributed by atoms with Gasteiger partial charge < -0.3 is 10.4 Å². The van der Waals surface area contributed by atoms with Gasteiger partial charge in [-0.1, -0.05) is 30.3 Å². The van der Waals surface area contributed by atoms with Gasteiger partial charge in [0.05, 0.1) is 5.60 Å². The molecule has 2 atom stereocenters. The normalized spacial score (nSPS) is 27.4. The number of nitrogens with zero attached hydrogens (tertiary/aromatic N) is 1. The minimum atomic E-state index is -0.783. The molecule has 1 aliphatic heterocycles. The van der Waals surface area contributed by atoms with Crippen LogP contribution in [-0.2, 0) is 5.60 Å². The highest BCUT2D eigenvalue weighted by molar-refractivity contribution is 5.21. The molecule has 1 heterocycles. The lowest BCUT2D eigenvalue weighted by Crippen LogP contribution is -2.42. The van der Waals surface area contributed by atoms with Crippen LogP contribution in [0.5, 0.6) is 0 Å². The second kappa shape index (κ2) is 5.23. The zero-order valence-corrected chi connectivity index (χ0v) is 11.7. The first-order valence-electron chi connectivity index (χ1n) is 7.40. The summed E-state index contributed by atoms with van der Waals surface area (Å²) in [6, 6.07) is 11.3. The molecule has 0 amide bonds. The Kier molecular flexibility index (Phi) is 3.61. The molecule has 1 aromatic rings. The van der Waals surface area contributed by atoms with Gasteiger partial charge in [0.2, 0.25) is 0 Å². The third kappa shape index (κ3) is 3.16. The maximum Gasteiger partial charge on any atom is 0.0992 e. The topological polar surface area (TPSA) is 35.5 Å². The van der Waals surface area contributed by atoms with E-state index in [-0.39, 0.29) is 0 Å². The van der Waals surface area contributed by atoms with E-state index >= 15 is 0 Å². The first-order chi connectivity index (χ1) is 9.15. The summed E-state index contributed by atoms with van der Waals surface area (Å²) in [4.78, 5) is 2.59. The zero-order valence-electron chi connectivity index (χ0n) is 11.7. The van der Waals surface area contributed by atoms with E-state index in [1.54, 1.807) is 0 Å². The van der Waals surface area contributed by atoms with Crippen LogP contribution in [0.4, 0.5) is 0 Å². The van der Waals surface area contributed by atoms with Crippen LogP contribution in [-0.4, -0.2) is 41.7 Å². The molecule has 0 bridgehead atoms. The van der Waals surface area contributed by atoms with E-state index in [2.05, 4.69) is 10.2 Å². The SMILES string of the molecule is CC(O)(CNC1CCN(C2CC2)C1)c1ccccc1. The Balaban J connectivity index is 1.51. The van der Waals surface area contributed by atoms with Crippen molar-refractivity contribution in [2.45, 2.75) is 43.9 Å². The summed E-state index contributed by atoms with van der Waals surface area (Å²) < 4.78 is 0. The first kappa shape index (κ1) is 13.1. The molecule has 0 spiro atoms. The lowest BCUT2D eigenvalue weighted by atomic mass is 9.96. The maximum atomic E-state index is 10.6. The molecule has 104 valence electrons. The van der Waals surface area contributed by atoms with Crippen LogP contribution in [0.3, 0.4) is 0 Å². The van der Waals surface area contributed by atoms with E-state index in [0.29, 0.717) is 12.6 Å². The van der Waals surface area contributed by atoms with Crippen molar-refractivity contribution in [1.82, 2.24) is 10.2 Å². The molecule has 1 saturated heterocycles. The average Bonchev–Trinajstić information content (AvgIpc) is 3.17. The van der Waals surface area contributed by atoms with Crippen molar-refractivity contribution in [2.75, 3.05) is 19.6 Å². The standard InChI is InChI=1S/C16H24N2O/c1-16(19,13-5-3-2-4-6-13)12-17-14-9-10-18(11-14)15-7-8-15/h2-6,14-15,17,19H,7-12H2,1H3. The number of rotatable bonds is 5. The Morgan fingerprint density at radius 2 is 2.00 bits per heavy atom. The molecular weight excluding hydrogens is 236 g/mol. The van der Waals surface area contributed by atoms with Crippen molar-refractivity contribution in [2.24, 2.45) is 0 Å². The minimum Gasteiger partial charge on any atom is -0.384 e. The van der Waals surface area contributed by atoms with Gasteiger partial charge in [-0.3, -0.25) is 4.90 Å². The molecule has 2 aliphatic rings. The maximum absolute atomic E-state index is 10.6. The van der Waals surface area contributed by atoms with E-state index in [4.69, 9.17) is 0 Å². The van der Waals surface area contributed by atoms with E-state index < -0.39 is 5.60 Å². The van der Waals surface area contributed by atoms with Gasteiger partial charge in [0.15, 0.2) is 0 Å². The van der Waals surface area contributed by atoms with Crippen LogP contribution >= 0.6 is 0 Å². The van der Waals surface area contributed by atoms with Gasteiger partial charge in [0.1, 0.15) is 0 Å². The molecule has 2 N–H and O–H groups in total. The number of hydrogen-bond donors (Lipinski definition) is 2. The molecule has 0 aromatic heterocycles. The molecule has 0 radical (unpaired) electrons. The van der Waals surface area contributed by atoms with Gasteiger partial charge >= 0.3 is 0 Å². The van der Waals surface area contributed by atoms with Crippen LogP contribution in [0.25, 0.3) is 0 Å². The van der Waals surface area contributed by atoms with Crippen LogP contribution in [0.1, 0.15) is 31.7 Å². The van der Waals surface area contributed by atoms with E-state index in [9.17, 15) is 5.11 Å². The fourth-order valence-electron chi connectivity index (χ4n) is 2.97. The Morgan fingerprint density at radius 3 is 2.68 bits per heavy atom. The predicted octanol–water partition coefficient (Wildman–Crippen LogP) is 1.72. The number of benzene rings is 1. The summed E-state index contributed by atoms with van der Waals surface area (Å²) in [6.07, 6.45) is 3.98. The summed E-state index contributed by atoms with van der Waals surface area (Å²) in [5.41, 5.74) is 0.202. The average molecular weight is 260 g/mol. The molecule has 2 fully saturated rings. The summed E-state index contributed by atoms with van der Waals surface area (Å²) >= 11 is 0. The summed E-state index contributed by atoms with van der Waals surface area (Å²) in [5.74, 6) is 0. The first-order valence-corrected chi connectivity index (χ1v) is 7.40. The minimum absolute atomic E-state index is 0.538. The Hall–Kier alpha value is -0.900. The molecule has 3 heteroatoms. The number of nitrogens with one attached hydrogen (secondary N) is 1. The second-order valence-electron chi connectivity index (χ2n) is 6.23. The van der Waals surface area contributed by atoms with Gasteiger partial charge in [0.25, 0.3) is 0 Å². The smallest absolute Gasteiger partial charge is 0.0992 e. The van der Waals surface area contributed by atoms with Crippen molar-refractivity contribution in [3.05, 3.63) is 35.9 Å². The van der Waals surface area contributed by atoms with E-state index in [1.165, 1.54) is 25.8 Å². The van der Waals surface area contributed by atoms with Crippen molar-refractivity contribution in [3.63, 3.8) is 0 Å². The van der Waals surface area contributed by atoms with Crippen LogP contribution in [0.2, 0.25) is 0 Å². The van der Waals surface area contributed by atoms with E-state index in [1.807, 2.05) is 37.3 Å². The predicted molar refractivity (Wildman–Crippen MR) is 77.0 cm³/mol. The molecule has 1 aliphatic carbocycles. The third-order valence-corrected chi connectivity index (χ3v) is 4.41. The van der Waals surface area contributed by atoms with Crippen molar-refractivity contribution in [3.8, 4) is 0 Å². The van der Waals surface area contributed by atoms with E-state index in [0.717, 1.165) is 18.2 Å². The molecule has 1 aromatic carbocycles. The molecule has 19 heavy (non-hydrogen) atoms. The fraction of sp³-hybridized carbons (Fsp3) is 0.625. The highest BCUT2D eigenvalue weighted by atomic mass is 16.3. The van der Waals surface area contributed by atoms with Gasteiger partial charge in [-0.2, -0.15) is 0 Å². The van der Waals surface area contributed by atoms with Crippen LogP contribution in [0, 0.1) is 0 Å². The Bertz CT molecular complexity index is 414. The second-order valence-corrected chi connectivity index (χ2v) is 6.23. The molecule has 3 rings (SSSR count). The van der Waals surface area contributed by atoms with Gasteiger partial charge in [-0.05, 0) is 31.7 Å². The van der Waals surface area contributed by atoms with Crippen molar-refractivity contribution < 1.29 is 5.11 Å². The van der Waals surface area contributed by atoms with Gasteiger partial charge in [-0.15, -0.1) is 0 Å². The number of aliphatic hydroxyl groups is 1.